The maximum absolute atomic E-state index is 12.7. The van der Waals surface area contributed by atoms with Crippen molar-refractivity contribution in [2.75, 3.05) is 17.6 Å². The number of benzene rings is 2. The van der Waals surface area contributed by atoms with Crippen LogP contribution in [0.1, 0.15) is 10.4 Å². The second-order valence-corrected chi connectivity index (χ2v) is 8.47. The summed E-state index contributed by atoms with van der Waals surface area (Å²) in [5, 5.41) is 6.63. The van der Waals surface area contributed by atoms with Crippen LogP contribution in [0, 0.1) is 0 Å². The minimum Gasteiger partial charge on any atom is -0.352 e. The summed E-state index contributed by atoms with van der Waals surface area (Å²) in [4.78, 5) is 29.2. The van der Waals surface area contributed by atoms with Crippen molar-refractivity contribution >= 4 is 51.5 Å². The second kappa shape index (κ2) is 10.2. The number of thioether (sulfide) groups is 1. The Morgan fingerprint density at radius 2 is 1.86 bits per heavy atom. The molecule has 2 amide bonds. The highest BCUT2D eigenvalue weighted by Crippen LogP contribution is 2.38. The van der Waals surface area contributed by atoms with E-state index in [4.69, 9.17) is 11.6 Å². The second-order valence-electron chi connectivity index (χ2n) is 5.84. The van der Waals surface area contributed by atoms with Gasteiger partial charge in [0, 0.05) is 12.1 Å². The van der Waals surface area contributed by atoms with Gasteiger partial charge in [-0.15, -0.1) is 6.58 Å². The summed E-state index contributed by atoms with van der Waals surface area (Å²) in [6, 6.07) is 16.4. The van der Waals surface area contributed by atoms with Crippen LogP contribution in [0.3, 0.4) is 0 Å². The number of aromatic nitrogens is 1. The zero-order chi connectivity index (χ0) is 20.6. The van der Waals surface area contributed by atoms with E-state index >= 15 is 0 Å². The Kier molecular flexibility index (Phi) is 7.46. The molecule has 29 heavy (non-hydrogen) atoms. The van der Waals surface area contributed by atoms with E-state index in [2.05, 4.69) is 22.2 Å². The fraction of sp³-hybridized carbons (Fsp3) is 0.0952. The Labute approximate surface area is 182 Å². The number of halogens is 1. The Morgan fingerprint density at radius 3 is 2.59 bits per heavy atom. The van der Waals surface area contributed by atoms with Crippen molar-refractivity contribution in [1.82, 2.24) is 10.3 Å². The van der Waals surface area contributed by atoms with Gasteiger partial charge in [0.05, 0.1) is 16.3 Å². The van der Waals surface area contributed by atoms with Crippen LogP contribution in [0.4, 0.5) is 5.00 Å². The molecule has 8 heteroatoms. The molecule has 148 valence electrons. The van der Waals surface area contributed by atoms with Crippen molar-refractivity contribution in [3.05, 3.63) is 77.8 Å². The van der Waals surface area contributed by atoms with Crippen LogP contribution >= 0.6 is 34.7 Å². The van der Waals surface area contributed by atoms with E-state index < -0.39 is 0 Å². The fourth-order valence-corrected chi connectivity index (χ4v) is 4.53. The van der Waals surface area contributed by atoms with Crippen LogP contribution in [-0.4, -0.2) is 29.1 Å². The Morgan fingerprint density at radius 1 is 1.14 bits per heavy atom. The Hall–Kier alpha value is -2.61. The van der Waals surface area contributed by atoms with Crippen molar-refractivity contribution < 1.29 is 9.59 Å². The lowest BCUT2D eigenvalue weighted by Gasteiger charge is -2.06. The van der Waals surface area contributed by atoms with Crippen molar-refractivity contribution in [2.45, 2.75) is 4.34 Å². The lowest BCUT2D eigenvalue weighted by Crippen LogP contribution is -2.24. The molecular formula is C21H18ClN3O2S2. The van der Waals surface area contributed by atoms with Gasteiger partial charge < -0.3 is 10.6 Å². The predicted molar refractivity (Wildman–Crippen MR) is 121 cm³/mol. The third kappa shape index (κ3) is 5.69. The summed E-state index contributed by atoms with van der Waals surface area (Å²) in [7, 11) is 0. The van der Waals surface area contributed by atoms with E-state index in [0.29, 0.717) is 32.2 Å². The van der Waals surface area contributed by atoms with Crippen molar-refractivity contribution in [1.29, 1.82) is 0 Å². The topological polar surface area (TPSA) is 71.1 Å². The largest absolute Gasteiger partial charge is 0.352 e. The highest BCUT2D eigenvalue weighted by molar-refractivity contribution is 8.01. The molecule has 0 saturated heterocycles. The van der Waals surface area contributed by atoms with Crippen LogP contribution in [0.2, 0.25) is 5.02 Å². The van der Waals surface area contributed by atoms with Crippen LogP contribution < -0.4 is 10.6 Å². The van der Waals surface area contributed by atoms with Crippen molar-refractivity contribution in [3.8, 4) is 11.3 Å². The zero-order valence-electron chi connectivity index (χ0n) is 15.4. The average Bonchev–Trinajstić information content (AvgIpc) is 3.14. The maximum Gasteiger partial charge on any atom is 0.257 e. The number of thiazole rings is 1. The number of anilines is 1. The van der Waals surface area contributed by atoms with Crippen molar-refractivity contribution in [3.63, 3.8) is 0 Å². The van der Waals surface area contributed by atoms with Crippen molar-refractivity contribution in [2.24, 2.45) is 0 Å². The van der Waals surface area contributed by atoms with Crippen LogP contribution in [-0.2, 0) is 4.79 Å². The molecule has 0 bridgehead atoms. The number of carbonyl (C=O) groups is 2. The summed E-state index contributed by atoms with van der Waals surface area (Å²) < 4.78 is 0.687. The van der Waals surface area contributed by atoms with E-state index in [1.165, 1.54) is 23.1 Å². The maximum atomic E-state index is 12.7. The molecule has 2 aromatic carbocycles. The molecule has 0 fully saturated rings. The molecule has 0 radical (unpaired) electrons. The number of amides is 2. The molecule has 3 aromatic rings. The van der Waals surface area contributed by atoms with Gasteiger partial charge in [0.1, 0.15) is 10.7 Å². The Bertz CT molecular complexity index is 1020. The molecule has 0 atom stereocenters. The lowest BCUT2D eigenvalue weighted by molar-refractivity contribution is -0.118. The molecule has 5 nitrogen and oxygen atoms in total. The summed E-state index contributed by atoms with van der Waals surface area (Å²) in [6.07, 6.45) is 1.63. The van der Waals surface area contributed by atoms with Gasteiger partial charge in [-0.05, 0) is 12.1 Å². The van der Waals surface area contributed by atoms with E-state index in [9.17, 15) is 9.59 Å². The van der Waals surface area contributed by atoms with Gasteiger partial charge in [0.15, 0.2) is 4.34 Å². The molecule has 0 saturated carbocycles. The molecule has 1 aromatic heterocycles. The van der Waals surface area contributed by atoms with Gasteiger partial charge in [0.25, 0.3) is 5.91 Å². The van der Waals surface area contributed by atoms with Gasteiger partial charge in [-0.3, -0.25) is 9.59 Å². The molecule has 3 rings (SSSR count). The number of nitrogens with one attached hydrogen (secondary N) is 2. The van der Waals surface area contributed by atoms with E-state index in [1.54, 1.807) is 30.3 Å². The standard InChI is InChI=1S/C21H18ClN3O2S2/c1-2-12-23-17(26)13-28-21-24-18(14-8-4-3-5-9-14)20(29-21)25-19(27)15-10-6-7-11-16(15)22/h2-11H,1,12-13H2,(H,23,26)(H,25,27). The summed E-state index contributed by atoms with van der Waals surface area (Å²) in [5.41, 5.74) is 1.92. The third-order valence-corrected chi connectivity index (χ3v) is 6.21. The first-order valence-electron chi connectivity index (χ1n) is 8.71. The first kappa shape index (κ1) is 21.1. The van der Waals surface area contributed by atoms with E-state index in [1.807, 2.05) is 30.3 Å². The molecule has 0 unspecified atom stereocenters. The number of hydrogen-bond acceptors (Lipinski definition) is 5. The number of rotatable bonds is 8. The molecule has 1 heterocycles. The molecule has 2 N–H and O–H groups in total. The number of hydrogen-bond donors (Lipinski definition) is 2. The predicted octanol–water partition coefficient (Wildman–Crippen LogP) is 5.11. The van der Waals surface area contributed by atoms with Gasteiger partial charge in [0.2, 0.25) is 5.91 Å². The smallest absolute Gasteiger partial charge is 0.257 e. The van der Waals surface area contributed by atoms with Gasteiger partial charge in [-0.1, -0.05) is 83.2 Å². The summed E-state index contributed by atoms with van der Waals surface area (Å²) >= 11 is 8.79. The normalized spacial score (nSPS) is 10.4. The highest BCUT2D eigenvalue weighted by Gasteiger charge is 2.18. The monoisotopic (exact) mass is 443 g/mol. The number of nitrogens with zero attached hydrogens (tertiary/aromatic N) is 1. The Balaban J connectivity index is 1.83. The SMILES string of the molecule is C=CCNC(=O)CSc1nc(-c2ccccc2)c(NC(=O)c2ccccc2Cl)s1. The molecule has 0 aliphatic heterocycles. The average molecular weight is 444 g/mol. The van der Waals surface area contributed by atoms with E-state index in [0.717, 1.165) is 5.56 Å². The third-order valence-electron chi connectivity index (χ3n) is 3.77. The fourth-order valence-electron chi connectivity index (χ4n) is 2.42. The molecule has 0 aliphatic rings. The number of carbonyl (C=O) groups excluding carboxylic acids is 2. The van der Waals surface area contributed by atoms with E-state index in [-0.39, 0.29) is 17.6 Å². The molecular weight excluding hydrogens is 426 g/mol. The summed E-state index contributed by atoms with van der Waals surface area (Å²) in [5.74, 6) is -0.183. The lowest BCUT2D eigenvalue weighted by atomic mass is 10.1. The quantitative estimate of drug-likeness (QED) is 0.375. The minimum atomic E-state index is -0.309. The minimum absolute atomic E-state index is 0.104. The van der Waals surface area contributed by atoms with Gasteiger partial charge >= 0.3 is 0 Å². The van der Waals surface area contributed by atoms with Crippen LogP contribution in [0.15, 0.2) is 71.6 Å². The first-order valence-corrected chi connectivity index (χ1v) is 10.9. The first-order chi connectivity index (χ1) is 14.1. The molecule has 0 aliphatic carbocycles. The van der Waals surface area contributed by atoms with Gasteiger partial charge in [-0.2, -0.15) is 0 Å². The van der Waals surface area contributed by atoms with Crippen LogP contribution in [0.5, 0.6) is 0 Å². The zero-order valence-corrected chi connectivity index (χ0v) is 17.7. The molecule has 0 spiro atoms. The highest BCUT2D eigenvalue weighted by atomic mass is 35.5. The summed E-state index contributed by atoms with van der Waals surface area (Å²) in [6.45, 7) is 4.00. The van der Waals surface area contributed by atoms with Crippen LogP contribution in [0.25, 0.3) is 11.3 Å². The van der Waals surface area contributed by atoms with Gasteiger partial charge in [-0.25, -0.2) is 4.98 Å².